The first-order chi connectivity index (χ1) is 9.13. The van der Waals surface area contributed by atoms with Crippen molar-refractivity contribution in [1.29, 1.82) is 0 Å². The molecule has 4 unspecified atom stereocenters. The Hall–Kier alpha value is -1.43. The van der Waals surface area contributed by atoms with Gasteiger partial charge in [-0.1, -0.05) is 18.2 Å². The van der Waals surface area contributed by atoms with Gasteiger partial charge in [0.2, 0.25) is 0 Å². The van der Waals surface area contributed by atoms with Gasteiger partial charge in [0.15, 0.2) is 0 Å². The highest BCUT2D eigenvalue weighted by Crippen LogP contribution is 2.27. The predicted molar refractivity (Wildman–Crippen MR) is 69.7 cm³/mol. The Kier molecular flexibility index (Phi) is 4.52. The molecule has 1 aromatic carbocycles. The number of nitrogens with one attached hydrogen (secondary N) is 1. The van der Waals surface area contributed by atoms with Crippen molar-refractivity contribution in [2.75, 3.05) is 13.7 Å². The molecule has 0 aromatic heterocycles. The number of amides is 1. The predicted octanol–water partition coefficient (Wildman–Crippen LogP) is 0.173. The maximum Gasteiger partial charge on any atom is 0.251 e. The van der Waals surface area contributed by atoms with Gasteiger partial charge in [0.1, 0.15) is 6.10 Å². The third kappa shape index (κ3) is 3.12. The molecular formula is C14H19NO4. The summed E-state index contributed by atoms with van der Waals surface area (Å²) in [4.78, 5) is 12.0. The van der Waals surface area contributed by atoms with Crippen LogP contribution in [0.15, 0.2) is 30.3 Å². The number of aliphatic hydroxyl groups excluding tert-OH is 2. The van der Waals surface area contributed by atoms with Gasteiger partial charge in [-0.2, -0.15) is 0 Å². The second-order valence-corrected chi connectivity index (χ2v) is 4.88. The maximum absolute atomic E-state index is 12.0. The number of ether oxygens (including phenoxy) is 1. The van der Waals surface area contributed by atoms with Crippen LogP contribution in [0.3, 0.4) is 0 Å². The Balaban J connectivity index is 1.98. The van der Waals surface area contributed by atoms with E-state index in [0.29, 0.717) is 18.6 Å². The van der Waals surface area contributed by atoms with E-state index < -0.39 is 18.2 Å². The van der Waals surface area contributed by atoms with Crippen molar-refractivity contribution in [3.8, 4) is 0 Å². The fourth-order valence-corrected chi connectivity index (χ4v) is 2.49. The topological polar surface area (TPSA) is 78.8 Å². The van der Waals surface area contributed by atoms with Gasteiger partial charge in [-0.3, -0.25) is 4.79 Å². The summed E-state index contributed by atoms with van der Waals surface area (Å²) in [6, 6.07) is 8.37. The standard InChI is InChI=1S/C14H19NO4/c1-19-8-10-7-11(13(17)12(10)16)15-14(18)9-5-3-2-4-6-9/h2-6,10-13,16-17H,7-8H2,1H3,(H,15,18). The van der Waals surface area contributed by atoms with E-state index in [9.17, 15) is 15.0 Å². The van der Waals surface area contributed by atoms with Crippen LogP contribution in [-0.2, 0) is 4.74 Å². The lowest BCUT2D eigenvalue weighted by Gasteiger charge is -2.18. The molecule has 1 aliphatic rings. The normalized spacial score (nSPS) is 30.3. The van der Waals surface area contributed by atoms with Crippen LogP contribution in [0.1, 0.15) is 16.8 Å². The Morgan fingerprint density at radius 2 is 2.00 bits per heavy atom. The summed E-state index contributed by atoms with van der Waals surface area (Å²) in [7, 11) is 1.55. The third-order valence-electron chi connectivity index (χ3n) is 3.54. The van der Waals surface area contributed by atoms with Gasteiger partial charge in [-0.25, -0.2) is 0 Å². The minimum Gasteiger partial charge on any atom is -0.390 e. The summed E-state index contributed by atoms with van der Waals surface area (Å²) in [5, 5.41) is 22.6. The minimum atomic E-state index is -0.951. The van der Waals surface area contributed by atoms with Gasteiger partial charge in [0, 0.05) is 18.6 Å². The number of methoxy groups -OCH3 is 1. The molecule has 1 fully saturated rings. The first-order valence-electron chi connectivity index (χ1n) is 6.34. The first-order valence-corrected chi connectivity index (χ1v) is 6.34. The van der Waals surface area contributed by atoms with E-state index in [-0.39, 0.29) is 11.8 Å². The molecule has 0 heterocycles. The summed E-state index contributed by atoms with van der Waals surface area (Å²) >= 11 is 0. The quantitative estimate of drug-likeness (QED) is 0.725. The zero-order valence-corrected chi connectivity index (χ0v) is 10.8. The Labute approximate surface area is 112 Å². The number of benzene rings is 1. The Bertz CT molecular complexity index is 423. The molecule has 3 N–H and O–H groups in total. The van der Waals surface area contributed by atoms with Crippen LogP contribution >= 0.6 is 0 Å². The summed E-state index contributed by atoms with van der Waals surface area (Å²) in [6.45, 7) is 0.371. The third-order valence-corrected chi connectivity index (χ3v) is 3.54. The molecule has 0 spiro atoms. The van der Waals surface area contributed by atoms with E-state index in [1.54, 1.807) is 31.4 Å². The SMILES string of the molecule is COCC1CC(NC(=O)c2ccccc2)C(O)C1O. The molecule has 104 valence electrons. The molecule has 1 amide bonds. The van der Waals surface area contributed by atoms with Gasteiger partial charge in [-0.05, 0) is 18.6 Å². The lowest BCUT2D eigenvalue weighted by atomic mass is 10.1. The lowest BCUT2D eigenvalue weighted by molar-refractivity contribution is -0.00552. The average Bonchev–Trinajstić information content (AvgIpc) is 2.69. The fourth-order valence-electron chi connectivity index (χ4n) is 2.49. The second-order valence-electron chi connectivity index (χ2n) is 4.88. The largest absolute Gasteiger partial charge is 0.390 e. The Morgan fingerprint density at radius 3 is 2.63 bits per heavy atom. The number of aliphatic hydroxyl groups is 2. The molecule has 0 aliphatic heterocycles. The van der Waals surface area contributed by atoms with Crippen molar-refractivity contribution < 1.29 is 19.7 Å². The van der Waals surface area contributed by atoms with Gasteiger partial charge in [-0.15, -0.1) is 0 Å². The first kappa shape index (κ1) is 14.0. The number of rotatable bonds is 4. The summed E-state index contributed by atoms with van der Waals surface area (Å²) < 4.78 is 5.00. The maximum atomic E-state index is 12.0. The van der Waals surface area contributed by atoms with Crippen LogP contribution in [-0.4, -0.2) is 48.1 Å². The number of hydrogen-bond donors (Lipinski definition) is 3. The van der Waals surface area contributed by atoms with Crippen molar-refractivity contribution >= 4 is 5.91 Å². The molecule has 2 rings (SSSR count). The van der Waals surface area contributed by atoms with E-state index in [4.69, 9.17) is 4.74 Å². The summed E-state index contributed by atoms with van der Waals surface area (Å²) in [5.41, 5.74) is 0.541. The van der Waals surface area contributed by atoms with E-state index in [2.05, 4.69) is 5.32 Å². The van der Waals surface area contributed by atoms with Crippen LogP contribution in [0.4, 0.5) is 0 Å². The van der Waals surface area contributed by atoms with E-state index in [0.717, 1.165) is 0 Å². The molecule has 5 heteroatoms. The van der Waals surface area contributed by atoms with Crippen molar-refractivity contribution in [2.24, 2.45) is 5.92 Å². The smallest absolute Gasteiger partial charge is 0.251 e. The molecule has 1 aliphatic carbocycles. The van der Waals surface area contributed by atoms with E-state index in [1.165, 1.54) is 0 Å². The molecular weight excluding hydrogens is 246 g/mol. The molecule has 19 heavy (non-hydrogen) atoms. The Morgan fingerprint density at radius 1 is 1.32 bits per heavy atom. The van der Waals surface area contributed by atoms with Crippen LogP contribution in [0.5, 0.6) is 0 Å². The molecule has 1 aromatic rings. The zero-order valence-electron chi connectivity index (χ0n) is 10.8. The number of hydrogen-bond acceptors (Lipinski definition) is 4. The molecule has 1 saturated carbocycles. The van der Waals surface area contributed by atoms with Crippen LogP contribution in [0.25, 0.3) is 0 Å². The zero-order chi connectivity index (χ0) is 13.8. The number of carbonyl (C=O) groups excluding carboxylic acids is 1. The molecule has 0 radical (unpaired) electrons. The highest BCUT2D eigenvalue weighted by molar-refractivity contribution is 5.94. The highest BCUT2D eigenvalue weighted by atomic mass is 16.5. The van der Waals surface area contributed by atoms with Gasteiger partial charge < -0.3 is 20.3 Å². The second kappa shape index (κ2) is 6.14. The lowest BCUT2D eigenvalue weighted by Crippen LogP contribution is -2.43. The van der Waals surface area contributed by atoms with Gasteiger partial charge >= 0.3 is 0 Å². The summed E-state index contributed by atoms with van der Waals surface area (Å²) in [5.74, 6) is -0.393. The van der Waals surface area contributed by atoms with Crippen LogP contribution in [0.2, 0.25) is 0 Å². The average molecular weight is 265 g/mol. The highest BCUT2D eigenvalue weighted by Gasteiger charge is 2.42. The van der Waals surface area contributed by atoms with Crippen molar-refractivity contribution in [3.05, 3.63) is 35.9 Å². The van der Waals surface area contributed by atoms with Crippen molar-refractivity contribution in [1.82, 2.24) is 5.32 Å². The molecule has 0 bridgehead atoms. The molecule has 5 nitrogen and oxygen atoms in total. The fraction of sp³-hybridized carbons (Fsp3) is 0.500. The summed E-state index contributed by atoms with van der Waals surface area (Å²) in [6.07, 6.45) is -1.30. The number of carbonyl (C=O) groups is 1. The van der Waals surface area contributed by atoms with Gasteiger partial charge in [0.05, 0.1) is 18.8 Å². The molecule has 0 saturated heterocycles. The van der Waals surface area contributed by atoms with Crippen molar-refractivity contribution in [3.63, 3.8) is 0 Å². The van der Waals surface area contributed by atoms with E-state index >= 15 is 0 Å². The van der Waals surface area contributed by atoms with Crippen LogP contribution in [0, 0.1) is 5.92 Å². The minimum absolute atomic E-state index is 0.152. The molecule has 4 atom stereocenters. The van der Waals surface area contributed by atoms with Crippen LogP contribution < -0.4 is 5.32 Å². The monoisotopic (exact) mass is 265 g/mol. The van der Waals surface area contributed by atoms with Crippen molar-refractivity contribution in [2.45, 2.75) is 24.7 Å². The van der Waals surface area contributed by atoms with E-state index in [1.807, 2.05) is 6.07 Å². The van der Waals surface area contributed by atoms with Gasteiger partial charge in [0.25, 0.3) is 5.91 Å².